The lowest BCUT2D eigenvalue weighted by Crippen LogP contribution is -2.47. The van der Waals surface area contributed by atoms with Crippen molar-refractivity contribution in [1.82, 2.24) is 5.32 Å². The number of hydrogen-bond acceptors (Lipinski definition) is 3. The highest BCUT2D eigenvalue weighted by atomic mass is 35.5. The highest BCUT2D eigenvalue weighted by molar-refractivity contribution is 7.92. The van der Waals surface area contributed by atoms with Crippen LogP contribution >= 0.6 is 11.6 Å². The topological polar surface area (TPSA) is 66.5 Å². The lowest BCUT2D eigenvalue weighted by atomic mass is 10.1. The summed E-state index contributed by atoms with van der Waals surface area (Å²) in [6, 6.07) is 3.58. The third-order valence-electron chi connectivity index (χ3n) is 2.38. The van der Waals surface area contributed by atoms with Crippen LogP contribution in [0.25, 0.3) is 0 Å². The molecular formula is C13H18ClFN2O3S. The maximum absolute atomic E-state index is 13.9. The van der Waals surface area contributed by atoms with E-state index in [4.69, 9.17) is 11.6 Å². The molecule has 1 amide bonds. The summed E-state index contributed by atoms with van der Waals surface area (Å²) < 4.78 is 38.2. The average Bonchev–Trinajstić information content (AvgIpc) is 2.22. The maximum atomic E-state index is 13.9. The molecule has 1 N–H and O–H groups in total. The van der Waals surface area contributed by atoms with Crippen molar-refractivity contribution in [2.75, 3.05) is 17.1 Å². The summed E-state index contributed by atoms with van der Waals surface area (Å²) >= 11 is 5.64. The number of nitrogens with zero attached hydrogens (tertiary/aromatic N) is 1. The van der Waals surface area contributed by atoms with Crippen LogP contribution in [-0.2, 0) is 14.8 Å². The first-order valence-corrected chi connectivity index (χ1v) is 8.36. The predicted molar refractivity (Wildman–Crippen MR) is 81.5 cm³/mol. The van der Waals surface area contributed by atoms with Crippen LogP contribution in [0.2, 0.25) is 5.02 Å². The van der Waals surface area contributed by atoms with Gasteiger partial charge in [0.15, 0.2) is 0 Å². The van der Waals surface area contributed by atoms with E-state index in [1.165, 1.54) is 12.1 Å². The van der Waals surface area contributed by atoms with E-state index in [-0.39, 0.29) is 10.7 Å². The second-order valence-electron chi connectivity index (χ2n) is 5.66. The standard InChI is InChI=1S/C13H18ClFN2O3S/c1-13(2,3)16-12(18)8-17(21(4,19)20)11-6-5-9(14)7-10(11)15/h5-7H,8H2,1-4H3,(H,16,18). The van der Waals surface area contributed by atoms with Gasteiger partial charge >= 0.3 is 0 Å². The molecule has 0 heterocycles. The molecule has 5 nitrogen and oxygen atoms in total. The summed E-state index contributed by atoms with van der Waals surface area (Å²) in [5.41, 5.74) is -0.732. The quantitative estimate of drug-likeness (QED) is 0.916. The van der Waals surface area contributed by atoms with Gasteiger partial charge in [0.2, 0.25) is 15.9 Å². The minimum atomic E-state index is -3.81. The van der Waals surface area contributed by atoms with Crippen molar-refractivity contribution in [1.29, 1.82) is 0 Å². The number of anilines is 1. The second kappa shape index (κ2) is 6.19. The summed E-state index contributed by atoms with van der Waals surface area (Å²) in [6.45, 7) is 4.78. The summed E-state index contributed by atoms with van der Waals surface area (Å²) in [7, 11) is -3.81. The van der Waals surface area contributed by atoms with Crippen LogP contribution in [0.3, 0.4) is 0 Å². The Morgan fingerprint density at radius 1 is 1.38 bits per heavy atom. The zero-order valence-corrected chi connectivity index (χ0v) is 13.8. The molecule has 0 aromatic heterocycles. The normalized spacial score (nSPS) is 12.1. The zero-order chi connectivity index (χ0) is 16.4. The number of amides is 1. The molecule has 0 aliphatic carbocycles. The van der Waals surface area contributed by atoms with E-state index < -0.39 is 33.8 Å². The van der Waals surface area contributed by atoms with Crippen LogP contribution in [0.4, 0.5) is 10.1 Å². The Labute approximate surface area is 129 Å². The fraction of sp³-hybridized carbons (Fsp3) is 0.462. The van der Waals surface area contributed by atoms with Crippen molar-refractivity contribution >= 4 is 33.2 Å². The lowest BCUT2D eigenvalue weighted by molar-refractivity contribution is -0.121. The minimum absolute atomic E-state index is 0.142. The number of nitrogens with one attached hydrogen (secondary N) is 1. The molecule has 1 aromatic carbocycles. The Balaban J connectivity index is 3.11. The van der Waals surface area contributed by atoms with Gasteiger partial charge in [0.1, 0.15) is 12.4 Å². The van der Waals surface area contributed by atoms with Crippen LogP contribution in [0, 0.1) is 5.82 Å². The van der Waals surface area contributed by atoms with Gasteiger partial charge in [0.25, 0.3) is 0 Å². The highest BCUT2D eigenvalue weighted by Gasteiger charge is 2.25. The maximum Gasteiger partial charge on any atom is 0.241 e. The molecule has 21 heavy (non-hydrogen) atoms. The molecule has 0 saturated heterocycles. The number of carbonyl (C=O) groups excluding carboxylic acids is 1. The molecule has 0 aliphatic rings. The van der Waals surface area contributed by atoms with Gasteiger partial charge in [0, 0.05) is 10.6 Å². The van der Waals surface area contributed by atoms with E-state index in [0.29, 0.717) is 4.31 Å². The van der Waals surface area contributed by atoms with Gasteiger partial charge in [0.05, 0.1) is 11.9 Å². The van der Waals surface area contributed by atoms with Gasteiger partial charge in [-0.25, -0.2) is 12.8 Å². The van der Waals surface area contributed by atoms with Crippen LogP contribution < -0.4 is 9.62 Å². The molecule has 1 rings (SSSR count). The summed E-state index contributed by atoms with van der Waals surface area (Å²) in [4.78, 5) is 11.9. The van der Waals surface area contributed by atoms with Gasteiger partial charge in [-0.3, -0.25) is 9.10 Å². The van der Waals surface area contributed by atoms with Crippen LogP contribution in [0.5, 0.6) is 0 Å². The first-order chi connectivity index (χ1) is 9.40. The van der Waals surface area contributed by atoms with Gasteiger partial charge in [-0.1, -0.05) is 11.6 Å². The van der Waals surface area contributed by atoms with Crippen LogP contribution in [0.15, 0.2) is 18.2 Å². The van der Waals surface area contributed by atoms with Gasteiger partial charge in [-0.05, 0) is 39.0 Å². The second-order valence-corrected chi connectivity index (χ2v) is 8.01. The molecule has 0 radical (unpaired) electrons. The molecule has 118 valence electrons. The summed E-state index contributed by atoms with van der Waals surface area (Å²) in [5.74, 6) is -1.33. The highest BCUT2D eigenvalue weighted by Crippen LogP contribution is 2.24. The number of benzene rings is 1. The van der Waals surface area contributed by atoms with Crippen LogP contribution in [0.1, 0.15) is 20.8 Å². The first kappa shape index (κ1) is 17.7. The zero-order valence-electron chi connectivity index (χ0n) is 12.3. The van der Waals surface area contributed by atoms with E-state index in [2.05, 4.69) is 5.32 Å². The molecule has 1 aromatic rings. The fourth-order valence-electron chi connectivity index (χ4n) is 1.65. The third-order valence-corrected chi connectivity index (χ3v) is 3.74. The van der Waals surface area contributed by atoms with Crippen molar-refractivity contribution in [3.8, 4) is 0 Å². The van der Waals surface area contributed by atoms with Crippen molar-refractivity contribution in [2.45, 2.75) is 26.3 Å². The SMILES string of the molecule is CC(C)(C)NC(=O)CN(c1ccc(Cl)cc1F)S(C)(=O)=O. The van der Waals surface area contributed by atoms with Crippen molar-refractivity contribution in [3.63, 3.8) is 0 Å². The molecule has 0 bridgehead atoms. The smallest absolute Gasteiger partial charge is 0.241 e. The Hall–Kier alpha value is -1.34. The third kappa shape index (κ3) is 5.51. The average molecular weight is 337 g/mol. The van der Waals surface area contributed by atoms with Crippen molar-refractivity contribution in [3.05, 3.63) is 29.0 Å². The fourth-order valence-corrected chi connectivity index (χ4v) is 2.67. The molecule has 0 spiro atoms. The Morgan fingerprint density at radius 2 is 1.95 bits per heavy atom. The Bertz CT molecular complexity index is 641. The van der Waals surface area contributed by atoms with Gasteiger partial charge in [-0.15, -0.1) is 0 Å². The number of sulfonamides is 1. The molecule has 0 aliphatic heterocycles. The van der Waals surface area contributed by atoms with E-state index in [1.54, 1.807) is 20.8 Å². The largest absolute Gasteiger partial charge is 0.350 e. The van der Waals surface area contributed by atoms with Gasteiger partial charge < -0.3 is 5.32 Å². The molecule has 8 heteroatoms. The number of rotatable bonds is 4. The van der Waals surface area contributed by atoms with E-state index in [0.717, 1.165) is 12.3 Å². The molecular weight excluding hydrogens is 319 g/mol. The van der Waals surface area contributed by atoms with Crippen molar-refractivity contribution < 1.29 is 17.6 Å². The predicted octanol–water partition coefficient (Wildman–Crippen LogP) is 2.16. The Kier molecular flexibility index (Phi) is 5.22. The number of hydrogen-bond donors (Lipinski definition) is 1. The van der Waals surface area contributed by atoms with E-state index >= 15 is 0 Å². The molecule has 0 saturated carbocycles. The summed E-state index contributed by atoms with van der Waals surface area (Å²) in [6.07, 6.45) is 0.908. The van der Waals surface area contributed by atoms with Gasteiger partial charge in [-0.2, -0.15) is 0 Å². The minimum Gasteiger partial charge on any atom is -0.350 e. The molecule has 0 unspecified atom stereocenters. The van der Waals surface area contributed by atoms with E-state index in [9.17, 15) is 17.6 Å². The monoisotopic (exact) mass is 336 g/mol. The molecule has 0 atom stereocenters. The number of halogens is 2. The molecule has 0 fully saturated rings. The van der Waals surface area contributed by atoms with E-state index in [1.807, 2.05) is 0 Å². The first-order valence-electron chi connectivity index (χ1n) is 6.14. The number of carbonyl (C=O) groups is 1. The van der Waals surface area contributed by atoms with Crippen LogP contribution in [-0.4, -0.2) is 32.7 Å². The summed E-state index contributed by atoms with van der Waals surface area (Å²) in [5, 5.41) is 2.77. The Morgan fingerprint density at radius 3 is 2.38 bits per heavy atom. The van der Waals surface area contributed by atoms with Crippen molar-refractivity contribution in [2.24, 2.45) is 0 Å². The lowest BCUT2D eigenvalue weighted by Gasteiger charge is -2.26.